The highest BCUT2D eigenvalue weighted by molar-refractivity contribution is 9.10. The molecule has 2 aromatic rings. The van der Waals surface area contributed by atoms with Gasteiger partial charge in [0, 0.05) is 10.0 Å². The third kappa shape index (κ3) is 2.98. The van der Waals surface area contributed by atoms with Gasteiger partial charge in [-0.3, -0.25) is 10.1 Å². The Hall–Kier alpha value is -1.34. The minimum absolute atomic E-state index is 0.284. The van der Waals surface area contributed by atoms with Crippen molar-refractivity contribution in [2.75, 3.05) is 7.11 Å². The fourth-order valence-electron chi connectivity index (χ4n) is 1.63. The lowest BCUT2D eigenvalue weighted by molar-refractivity contribution is -0.402. The van der Waals surface area contributed by atoms with Crippen molar-refractivity contribution in [3.8, 4) is 5.75 Å². The second-order valence-electron chi connectivity index (χ2n) is 3.68. The van der Waals surface area contributed by atoms with Gasteiger partial charge in [0.25, 0.3) is 0 Å². The first kappa shape index (κ1) is 14.1. The number of halogens is 2. The van der Waals surface area contributed by atoms with Crippen LogP contribution < -0.4 is 4.74 Å². The lowest BCUT2D eigenvalue weighted by atomic mass is 10.1. The second kappa shape index (κ2) is 5.75. The van der Waals surface area contributed by atoms with Crippen LogP contribution in [0.1, 0.15) is 16.2 Å². The molecule has 0 saturated heterocycles. The van der Waals surface area contributed by atoms with E-state index in [0.717, 1.165) is 10.0 Å². The molecule has 0 aliphatic carbocycles. The standard InChI is InChI=1S/C12H9Br2NO4/c1-18-9-3-2-7(13)6-8(9)12(14)10-4-5-11(19-10)15(16)17/h2-6,12H,1H3. The van der Waals surface area contributed by atoms with Crippen molar-refractivity contribution in [1.29, 1.82) is 0 Å². The molecule has 0 spiro atoms. The SMILES string of the molecule is COc1ccc(Br)cc1C(Br)c1ccc([N+](=O)[O-])o1. The molecule has 0 saturated carbocycles. The number of hydrogen-bond acceptors (Lipinski definition) is 4. The average Bonchev–Trinajstić information content (AvgIpc) is 2.87. The van der Waals surface area contributed by atoms with E-state index in [4.69, 9.17) is 9.15 Å². The lowest BCUT2D eigenvalue weighted by Gasteiger charge is -2.12. The number of nitro groups is 1. The zero-order chi connectivity index (χ0) is 14.0. The molecular formula is C12H9Br2NO4. The van der Waals surface area contributed by atoms with Crippen LogP contribution in [-0.2, 0) is 0 Å². The van der Waals surface area contributed by atoms with Crippen molar-refractivity contribution in [2.24, 2.45) is 0 Å². The van der Waals surface area contributed by atoms with Gasteiger partial charge in [-0.2, -0.15) is 0 Å². The van der Waals surface area contributed by atoms with Crippen molar-refractivity contribution >= 4 is 37.7 Å². The van der Waals surface area contributed by atoms with Crippen molar-refractivity contribution < 1.29 is 14.1 Å². The van der Waals surface area contributed by atoms with Gasteiger partial charge in [0.2, 0.25) is 0 Å². The molecule has 19 heavy (non-hydrogen) atoms. The van der Waals surface area contributed by atoms with Gasteiger partial charge in [0.1, 0.15) is 21.3 Å². The summed E-state index contributed by atoms with van der Waals surface area (Å²) in [7, 11) is 1.57. The summed E-state index contributed by atoms with van der Waals surface area (Å²) in [5, 5.41) is 10.6. The quantitative estimate of drug-likeness (QED) is 0.439. The number of furan rings is 1. The molecule has 2 rings (SSSR count). The van der Waals surface area contributed by atoms with Crippen LogP contribution in [0, 0.1) is 10.1 Å². The van der Waals surface area contributed by atoms with Crippen LogP contribution in [0.4, 0.5) is 5.88 Å². The Balaban J connectivity index is 2.39. The molecule has 0 fully saturated rings. The number of alkyl halides is 1. The van der Waals surface area contributed by atoms with Gasteiger partial charge in [-0.05, 0) is 24.3 Å². The van der Waals surface area contributed by atoms with Crippen LogP contribution in [-0.4, -0.2) is 12.0 Å². The maximum Gasteiger partial charge on any atom is 0.433 e. The van der Waals surface area contributed by atoms with Crippen molar-refractivity contribution in [2.45, 2.75) is 4.83 Å². The molecule has 1 aromatic heterocycles. The maximum atomic E-state index is 10.6. The van der Waals surface area contributed by atoms with Crippen LogP contribution in [0.25, 0.3) is 0 Å². The van der Waals surface area contributed by atoms with E-state index in [9.17, 15) is 10.1 Å². The Morgan fingerprint density at radius 3 is 2.68 bits per heavy atom. The smallest absolute Gasteiger partial charge is 0.433 e. The summed E-state index contributed by atoms with van der Waals surface area (Å²) in [6, 6.07) is 8.43. The molecule has 0 N–H and O–H groups in total. The predicted octanol–water partition coefficient (Wildman–Crippen LogP) is 4.44. The fourth-order valence-corrected chi connectivity index (χ4v) is 2.62. The second-order valence-corrected chi connectivity index (χ2v) is 5.51. The van der Waals surface area contributed by atoms with Gasteiger partial charge in [0.05, 0.1) is 13.2 Å². The third-order valence-corrected chi connectivity index (χ3v) is 3.94. The normalized spacial score (nSPS) is 12.2. The third-order valence-electron chi connectivity index (χ3n) is 2.51. The summed E-state index contributed by atoms with van der Waals surface area (Å²) in [4.78, 5) is 9.72. The van der Waals surface area contributed by atoms with Crippen LogP contribution >= 0.6 is 31.9 Å². The first-order chi connectivity index (χ1) is 9.02. The number of ether oxygens (including phenoxy) is 1. The number of hydrogen-bond donors (Lipinski definition) is 0. The molecule has 0 aliphatic heterocycles. The predicted molar refractivity (Wildman–Crippen MR) is 76.8 cm³/mol. The van der Waals surface area contributed by atoms with Crippen molar-refractivity contribution in [3.05, 3.63) is 56.2 Å². The van der Waals surface area contributed by atoms with E-state index in [1.54, 1.807) is 13.2 Å². The van der Waals surface area contributed by atoms with Gasteiger partial charge in [0.15, 0.2) is 0 Å². The van der Waals surface area contributed by atoms with Crippen molar-refractivity contribution in [1.82, 2.24) is 0 Å². The molecule has 0 radical (unpaired) electrons. The van der Waals surface area contributed by atoms with E-state index in [2.05, 4.69) is 31.9 Å². The molecule has 1 heterocycles. The molecule has 1 aromatic carbocycles. The van der Waals surface area contributed by atoms with Crippen LogP contribution in [0.2, 0.25) is 0 Å². The minimum atomic E-state index is -0.568. The highest BCUT2D eigenvalue weighted by atomic mass is 79.9. The lowest BCUT2D eigenvalue weighted by Crippen LogP contribution is -1.96. The van der Waals surface area contributed by atoms with Gasteiger partial charge in [-0.15, -0.1) is 0 Å². The van der Waals surface area contributed by atoms with E-state index >= 15 is 0 Å². The highest BCUT2D eigenvalue weighted by Crippen LogP contribution is 2.39. The Kier molecular flexibility index (Phi) is 4.26. The summed E-state index contributed by atoms with van der Waals surface area (Å²) >= 11 is 6.84. The zero-order valence-corrected chi connectivity index (χ0v) is 13.0. The Labute approximate surface area is 126 Å². The fraction of sp³-hybridized carbons (Fsp3) is 0.167. The van der Waals surface area contributed by atoms with E-state index < -0.39 is 4.92 Å². The number of benzene rings is 1. The van der Waals surface area contributed by atoms with Gasteiger partial charge >= 0.3 is 5.88 Å². The molecule has 0 bridgehead atoms. The van der Waals surface area contributed by atoms with E-state index in [1.807, 2.05) is 18.2 Å². The number of rotatable bonds is 4. The highest BCUT2D eigenvalue weighted by Gasteiger charge is 2.22. The van der Waals surface area contributed by atoms with Crippen molar-refractivity contribution in [3.63, 3.8) is 0 Å². The van der Waals surface area contributed by atoms with Gasteiger partial charge < -0.3 is 9.15 Å². The largest absolute Gasteiger partial charge is 0.496 e. The topological polar surface area (TPSA) is 65.5 Å². The molecule has 5 nitrogen and oxygen atoms in total. The summed E-state index contributed by atoms with van der Waals surface area (Å²) in [6.45, 7) is 0. The summed E-state index contributed by atoms with van der Waals surface area (Å²) in [6.07, 6.45) is 0. The molecular weight excluding hydrogens is 382 g/mol. The van der Waals surface area contributed by atoms with E-state index in [-0.39, 0.29) is 10.7 Å². The minimum Gasteiger partial charge on any atom is -0.496 e. The first-order valence-corrected chi connectivity index (χ1v) is 6.95. The Morgan fingerprint density at radius 1 is 1.37 bits per heavy atom. The van der Waals surface area contributed by atoms with Gasteiger partial charge in [-0.25, -0.2) is 0 Å². The zero-order valence-electron chi connectivity index (χ0n) is 9.80. The molecule has 7 heteroatoms. The first-order valence-electron chi connectivity index (χ1n) is 5.24. The maximum absolute atomic E-state index is 10.6. The molecule has 1 unspecified atom stereocenters. The van der Waals surface area contributed by atoms with Crippen LogP contribution in [0.3, 0.4) is 0 Å². The van der Waals surface area contributed by atoms with E-state index in [1.165, 1.54) is 6.07 Å². The number of nitrogens with zero attached hydrogens (tertiary/aromatic N) is 1. The van der Waals surface area contributed by atoms with Crippen LogP contribution in [0.5, 0.6) is 5.75 Å². The van der Waals surface area contributed by atoms with E-state index in [0.29, 0.717) is 11.5 Å². The molecule has 0 aliphatic rings. The Bertz CT molecular complexity index is 612. The summed E-state index contributed by atoms with van der Waals surface area (Å²) in [5.41, 5.74) is 0.820. The monoisotopic (exact) mass is 389 g/mol. The molecule has 0 amide bonds. The van der Waals surface area contributed by atoms with Crippen LogP contribution in [0.15, 0.2) is 39.2 Å². The molecule has 1 atom stereocenters. The van der Waals surface area contributed by atoms with Gasteiger partial charge in [-0.1, -0.05) is 31.9 Å². The molecule has 100 valence electrons. The Morgan fingerprint density at radius 2 is 2.11 bits per heavy atom. The number of methoxy groups -OCH3 is 1. The summed E-state index contributed by atoms with van der Waals surface area (Å²) < 4.78 is 11.3. The summed E-state index contributed by atoms with van der Waals surface area (Å²) in [5.74, 6) is 0.834. The average molecular weight is 391 g/mol.